The first-order valence-corrected chi connectivity index (χ1v) is 17.7. The van der Waals surface area contributed by atoms with E-state index in [4.69, 9.17) is 13.8 Å². The van der Waals surface area contributed by atoms with Crippen LogP contribution >= 0.6 is 0 Å². The molecule has 7 aromatic carbocycles. The third-order valence-electron chi connectivity index (χ3n) is 9.10. The number of rotatable bonds is 5. The Morgan fingerprint density at radius 3 is 2.06 bits per heavy atom. The molecule has 0 aliphatic heterocycles. The van der Waals surface area contributed by atoms with Gasteiger partial charge in [0.2, 0.25) is 0 Å². The van der Waals surface area contributed by atoms with Gasteiger partial charge in [0.25, 0.3) is 0 Å². The van der Waals surface area contributed by atoms with E-state index in [-0.39, 0.29) is 14.5 Å². The van der Waals surface area contributed by atoms with Gasteiger partial charge in [-0.3, -0.25) is 0 Å². The van der Waals surface area contributed by atoms with Crippen LogP contribution in [0.2, 0.25) is 0 Å². The molecule has 0 saturated carbocycles. The van der Waals surface area contributed by atoms with Crippen LogP contribution in [0.1, 0.15) is 0 Å². The molecule has 0 fully saturated rings. The molecular weight excluding hydrogens is 655 g/mol. The Hall–Kier alpha value is -5.87. The monoisotopic (exact) mass is 682 g/mol. The molecule has 0 bridgehead atoms. The van der Waals surface area contributed by atoms with Gasteiger partial charge in [0.05, 0.1) is 0 Å². The average molecular weight is 682 g/mol. The number of furan rings is 1. The first kappa shape index (κ1) is 27.3. The van der Waals surface area contributed by atoms with E-state index in [1.807, 2.05) is 36.4 Å². The molecule has 0 aliphatic carbocycles. The second-order valence-electron chi connectivity index (χ2n) is 12.0. The van der Waals surface area contributed by atoms with Gasteiger partial charge in [0, 0.05) is 0 Å². The van der Waals surface area contributed by atoms with Crippen LogP contribution in [0.25, 0.3) is 74.9 Å². The van der Waals surface area contributed by atoms with Crippen molar-refractivity contribution in [3.8, 4) is 22.6 Å². The Kier molecular flexibility index (Phi) is 6.16. The molecule has 0 amide bonds. The zero-order chi connectivity index (χ0) is 31.6. The summed E-state index contributed by atoms with van der Waals surface area (Å²) in [6, 6.07) is 55.5. The second-order valence-corrected chi connectivity index (χ2v) is 14.3. The van der Waals surface area contributed by atoms with Crippen molar-refractivity contribution < 1.29 is 8.83 Å². The first-order valence-electron chi connectivity index (χ1n) is 15.9. The van der Waals surface area contributed by atoms with E-state index in [9.17, 15) is 0 Å². The van der Waals surface area contributed by atoms with Gasteiger partial charge < -0.3 is 0 Å². The SMILES string of the molecule is c1ccc(-c2cccc(N(c3ccc4c(c3)oc3ccccc34)c3ccc4c(c3)[se]c3cccc(-c5nc6ccccc6o5)c34)c2)cc1. The quantitative estimate of drug-likeness (QED) is 0.170. The van der Waals surface area contributed by atoms with Crippen LogP contribution in [-0.4, -0.2) is 19.5 Å². The van der Waals surface area contributed by atoms with Gasteiger partial charge in [0.1, 0.15) is 0 Å². The van der Waals surface area contributed by atoms with E-state index in [0.29, 0.717) is 5.89 Å². The number of nitrogens with zero attached hydrogens (tertiary/aromatic N) is 2. The van der Waals surface area contributed by atoms with Gasteiger partial charge in [-0.1, -0.05) is 0 Å². The van der Waals surface area contributed by atoms with Crippen molar-refractivity contribution in [2.45, 2.75) is 0 Å². The van der Waals surface area contributed by atoms with Gasteiger partial charge in [-0.25, -0.2) is 0 Å². The first-order chi connectivity index (χ1) is 23.8. The van der Waals surface area contributed by atoms with Crippen molar-refractivity contribution in [1.82, 2.24) is 4.98 Å². The molecule has 5 heteroatoms. The molecule has 3 heterocycles. The fraction of sp³-hybridized carbons (Fsp3) is 0. The van der Waals surface area contributed by atoms with Crippen molar-refractivity contribution >= 4 is 83.9 Å². The van der Waals surface area contributed by atoms with E-state index in [1.165, 1.54) is 30.4 Å². The summed E-state index contributed by atoms with van der Waals surface area (Å²) < 4.78 is 15.3. The summed E-state index contributed by atoms with van der Waals surface area (Å²) in [6.07, 6.45) is 0. The maximum absolute atomic E-state index is 6.36. The zero-order valence-corrected chi connectivity index (χ0v) is 27.3. The van der Waals surface area contributed by atoms with E-state index >= 15 is 0 Å². The molecule has 0 radical (unpaired) electrons. The second kappa shape index (κ2) is 10.9. The standard InChI is InChI=1S/C43H26N2O2Se/c1-2-10-27(11-3-1)28-12-8-13-29(24-28)45(30-20-22-33-32-14-4-6-17-37(32)46-39(33)25-30)31-21-23-34-41(26-31)48-40-19-9-15-35(42(34)40)43-44-36-16-5-7-18-38(36)47-43/h1-26H. The number of hydrogen-bond acceptors (Lipinski definition) is 4. The summed E-state index contributed by atoms with van der Waals surface area (Å²) in [5.74, 6) is 0.666. The molecule has 0 spiro atoms. The molecule has 226 valence electrons. The van der Waals surface area contributed by atoms with Gasteiger partial charge in [0.15, 0.2) is 0 Å². The molecule has 0 N–H and O–H groups in total. The molecule has 0 atom stereocenters. The average Bonchev–Trinajstić information content (AvgIpc) is 3.85. The van der Waals surface area contributed by atoms with E-state index in [2.05, 4.69) is 126 Å². The van der Waals surface area contributed by atoms with Crippen LogP contribution in [-0.2, 0) is 0 Å². The van der Waals surface area contributed by atoms with Crippen molar-refractivity contribution in [2.75, 3.05) is 4.90 Å². The fourth-order valence-electron chi connectivity index (χ4n) is 6.88. The molecule has 0 unspecified atom stereocenters. The van der Waals surface area contributed by atoms with Gasteiger partial charge in [-0.05, 0) is 0 Å². The van der Waals surface area contributed by atoms with Gasteiger partial charge in [-0.2, -0.15) is 0 Å². The molecule has 3 aromatic heterocycles. The normalized spacial score (nSPS) is 11.8. The summed E-state index contributed by atoms with van der Waals surface area (Å²) in [7, 11) is 0. The number of para-hydroxylation sites is 3. The summed E-state index contributed by atoms with van der Waals surface area (Å²) in [5, 5.41) is 4.72. The fourth-order valence-corrected chi connectivity index (χ4v) is 9.32. The van der Waals surface area contributed by atoms with Crippen LogP contribution in [0, 0.1) is 0 Å². The maximum atomic E-state index is 6.36. The third kappa shape index (κ3) is 4.40. The molecule has 0 saturated heterocycles. The van der Waals surface area contributed by atoms with Crippen molar-refractivity contribution in [2.24, 2.45) is 0 Å². The third-order valence-corrected chi connectivity index (χ3v) is 11.4. The van der Waals surface area contributed by atoms with Crippen LogP contribution in [0.3, 0.4) is 0 Å². The van der Waals surface area contributed by atoms with E-state index in [0.717, 1.165) is 55.7 Å². The molecule has 48 heavy (non-hydrogen) atoms. The molecular formula is C43H26N2O2Se. The van der Waals surface area contributed by atoms with Gasteiger partial charge in [-0.15, -0.1) is 0 Å². The Morgan fingerprint density at radius 2 is 1.17 bits per heavy atom. The number of oxazole rings is 1. The van der Waals surface area contributed by atoms with Gasteiger partial charge >= 0.3 is 283 Å². The zero-order valence-electron chi connectivity index (χ0n) is 25.6. The van der Waals surface area contributed by atoms with Crippen LogP contribution in [0.15, 0.2) is 167 Å². The number of benzene rings is 7. The number of anilines is 3. The topological polar surface area (TPSA) is 42.4 Å². The Bertz CT molecular complexity index is 2780. The Labute approximate surface area is 281 Å². The molecule has 4 nitrogen and oxygen atoms in total. The summed E-state index contributed by atoms with van der Waals surface area (Å²) in [4.78, 5) is 7.20. The van der Waals surface area contributed by atoms with Crippen LogP contribution < -0.4 is 4.90 Å². The summed E-state index contributed by atoms with van der Waals surface area (Å²) >= 11 is 0.128. The Morgan fingerprint density at radius 1 is 0.458 bits per heavy atom. The number of aromatic nitrogens is 1. The van der Waals surface area contributed by atoms with Crippen molar-refractivity contribution in [3.05, 3.63) is 158 Å². The minimum absolute atomic E-state index is 0.128. The number of fused-ring (bicyclic) bond motifs is 7. The number of hydrogen-bond donors (Lipinski definition) is 0. The van der Waals surface area contributed by atoms with Crippen molar-refractivity contribution in [3.63, 3.8) is 0 Å². The minimum atomic E-state index is 0.128. The van der Waals surface area contributed by atoms with E-state index < -0.39 is 0 Å². The Balaban J connectivity index is 1.16. The predicted molar refractivity (Wildman–Crippen MR) is 199 cm³/mol. The molecule has 0 aliphatic rings. The summed E-state index contributed by atoms with van der Waals surface area (Å²) in [6.45, 7) is 0. The molecule has 10 rings (SSSR count). The van der Waals surface area contributed by atoms with Crippen molar-refractivity contribution in [1.29, 1.82) is 0 Å². The van der Waals surface area contributed by atoms with Crippen LogP contribution in [0.4, 0.5) is 17.1 Å². The summed E-state index contributed by atoms with van der Waals surface area (Å²) in [5.41, 5.74) is 10.1. The molecule has 10 aromatic rings. The van der Waals surface area contributed by atoms with E-state index in [1.54, 1.807) is 0 Å². The predicted octanol–water partition coefficient (Wildman–Crippen LogP) is 11.9. The van der Waals surface area contributed by atoms with Crippen LogP contribution in [0.5, 0.6) is 0 Å².